The van der Waals surface area contributed by atoms with Crippen molar-refractivity contribution in [3.05, 3.63) is 78.0 Å². The van der Waals surface area contributed by atoms with E-state index in [4.69, 9.17) is 4.74 Å². The average molecular weight is 476 g/mol. The summed E-state index contributed by atoms with van der Waals surface area (Å²) in [7, 11) is 5.82. The third-order valence-corrected chi connectivity index (χ3v) is 6.05. The van der Waals surface area contributed by atoms with Gasteiger partial charge < -0.3 is 14.5 Å². The standard InChI is InChI=1S/C27H30FN5O2/c1-5-35-25-14-19(9-10-22(25)18-7-6-8-21(28)13-18)27(34)33(4)24(11-12-32(2)3)23-17-29-15-20-16-30-31-26(20)23/h6-10,13-17,24H,5,11-12H2,1-4H3,(H,30,31)/t24-/m0/s1. The molecule has 0 aliphatic rings. The normalized spacial score (nSPS) is 12.2. The summed E-state index contributed by atoms with van der Waals surface area (Å²) in [5.74, 6) is 0.0757. The second-order valence-corrected chi connectivity index (χ2v) is 8.74. The quantitative estimate of drug-likeness (QED) is 0.372. The van der Waals surface area contributed by atoms with Crippen LogP contribution in [0.5, 0.6) is 5.75 Å². The number of ether oxygens (including phenoxy) is 1. The molecule has 1 atom stereocenters. The molecule has 7 nitrogen and oxygen atoms in total. The minimum atomic E-state index is -0.324. The van der Waals surface area contributed by atoms with Crippen molar-refractivity contribution in [3.63, 3.8) is 0 Å². The SMILES string of the molecule is CCOc1cc(C(=O)N(C)[C@@H](CCN(C)C)c2cncc3cn[nH]c23)ccc1-c1cccc(F)c1. The van der Waals surface area contributed by atoms with Gasteiger partial charge in [-0.1, -0.05) is 12.1 Å². The van der Waals surface area contributed by atoms with Crippen LogP contribution in [0.2, 0.25) is 0 Å². The number of hydrogen-bond acceptors (Lipinski definition) is 5. The predicted octanol–water partition coefficient (Wildman–Crippen LogP) is 4.93. The monoisotopic (exact) mass is 475 g/mol. The smallest absolute Gasteiger partial charge is 0.254 e. The van der Waals surface area contributed by atoms with Crippen LogP contribution in [0.4, 0.5) is 4.39 Å². The van der Waals surface area contributed by atoms with E-state index in [1.807, 2.05) is 33.2 Å². The van der Waals surface area contributed by atoms with Crippen molar-refractivity contribution in [2.45, 2.75) is 19.4 Å². The summed E-state index contributed by atoms with van der Waals surface area (Å²) in [6, 6.07) is 11.4. The number of carbonyl (C=O) groups excluding carboxylic acids is 1. The van der Waals surface area contributed by atoms with Gasteiger partial charge in [0.25, 0.3) is 5.91 Å². The third-order valence-electron chi connectivity index (χ3n) is 6.05. The topological polar surface area (TPSA) is 74.3 Å². The van der Waals surface area contributed by atoms with E-state index in [1.165, 1.54) is 12.1 Å². The van der Waals surface area contributed by atoms with E-state index in [0.29, 0.717) is 23.5 Å². The van der Waals surface area contributed by atoms with E-state index >= 15 is 0 Å². The number of rotatable bonds is 9. The molecule has 2 aromatic carbocycles. The van der Waals surface area contributed by atoms with Crippen LogP contribution >= 0.6 is 0 Å². The van der Waals surface area contributed by atoms with Gasteiger partial charge in [-0.05, 0) is 69.9 Å². The molecule has 0 bridgehead atoms. The van der Waals surface area contributed by atoms with Crippen LogP contribution in [-0.4, -0.2) is 65.2 Å². The summed E-state index contributed by atoms with van der Waals surface area (Å²) >= 11 is 0. The van der Waals surface area contributed by atoms with Crippen molar-refractivity contribution in [1.29, 1.82) is 0 Å². The van der Waals surface area contributed by atoms with Crippen molar-refractivity contribution in [1.82, 2.24) is 25.0 Å². The minimum Gasteiger partial charge on any atom is -0.493 e. The fourth-order valence-electron chi connectivity index (χ4n) is 4.25. The van der Waals surface area contributed by atoms with Gasteiger partial charge in [0.05, 0.1) is 24.4 Å². The number of hydrogen-bond donors (Lipinski definition) is 1. The fraction of sp³-hybridized carbons (Fsp3) is 0.296. The van der Waals surface area contributed by atoms with Crippen LogP contribution in [0.25, 0.3) is 22.0 Å². The zero-order chi connectivity index (χ0) is 24.9. The molecule has 4 aromatic rings. The number of pyridine rings is 1. The van der Waals surface area contributed by atoms with E-state index in [0.717, 1.165) is 35.0 Å². The molecule has 182 valence electrons. The van der Waals surface area contributed by atoms with Crippen LogP contribution in [0, 0.1) is 5.82 Å². The fourth-order valence-corrected chi connectivity index (χ4v) is 4.25. The van der Waals surface area contributed by atoms with Crippen molar-refractivity contribution in [3.8, 4) is 16.9 Å². The lowest BCUT2D eigenvalue weighted by molar-refractivity contribution is 0.0716. The maximum atomic E-state index is 13.8. The number of nitrogens with zero attached hydrogens (tertiary/aromatic N) is 4. The van der Waals surface area contributed by atoms with E-state index in [-0.39, 0.29) is 17.8 Å². The molecule has 0 saturated carbocycles. The summed E-state index contributed by atoms with van der Waals surface area (Å²) in [5.41, 5.74) is 3.72. The molecular weight excluding hydrogens is 445 g/mol. The molecule has 4 rings (SSSR count). The number of carbonyl (C=O) groups is 1. The largest absolute Gasteiger partial charge is 0.493 e. The first-order valence-electron chi connectivity index (χ1n) is 11.6. The van der Waals surface area contributed by atoms with Gasteiger partial charge in [0.2, 0.25) is 0 Å². The molecule has 35 heavy (non-hydrogen) atoms. The van der Waals surface area contributed by atoms with Crippen LogP contribution in [0.15, 0.2) is 61.1 Å². The van der Waals surface area contributed by atoms with Gasteiger partial charge in [-0.2, -0.15) is 5.10 Å². The molecule has 0 unspecified atom stereocenters. The van der Waals surface area contributed by atoms with E-state index in [9.17, 15) is 9.18 Å². The number of nitrogens with one attached hydrogen (secondary N) is 1. The van der Waals surface area contributed by atoms with Crippen molar-refractivity contribution in [2.75, 3.05) is 34.3 Å². The molecule has 2 heterocycles. The molecule has 0 aliphatic carbocycles. The molecular formula is C27H30FN5O2. The zero-order valence-corrected chi connectivity index (χ0v) is 20.5. The Kier molecular flexibility index (Phi) is 7.41. The van der Waals surface area contributed by atoms with Crippen LogP contribution in [-0.2, 0) is 0 Å². The van der Waals surface area contributed by atoms with Crippen molar-refractivity contribution >= 4 is 16.8 Å². The Bertz CT molecular complexity index is 1320. The number of H-pyrrole nitrogens is 1. The van der Waals surface area contributed by atoms with Crippen LogP contribution in [0.3, 0.4) is 0 Å². The lowest BCUT2D eigenvalue weighted by Crippen LogP contribution is -2.33. The second kappa shape index (κ2) is 10.7. The lowest BCUT2D eigenvalue weighted by atomic mass is 9.99. The molecule has 0 spiro atoms. The highest BCUT2D eigenvalue weighted by atomic mass is 19.1. The number of aromatic amines is 1. The molecule has 2 aromatic heterocycles. The van der Waals surface area contributed by atoms with Gasteiger partial charge in [0.15, 0.2) is 0 Å². The van der Waals surface area contributed by atoms with E-state index in [2.05, 4.69) is 20.1 Å². The Morgan fingerprint density at radius 2 is 1.94 bits per heavy atom. The Balaban J connectivity index is 1.70. The van der Waals surface area contributed by atoms with Crippen LogP contribution < -0.4 is 4.74 Å². The molecule has 1 N–H and O–H groups in total. The summed E-state index contributed by atoms with van der Waals surface area (Å²) in [5, 5.41) is 8.11. The number of fused-ring (bicyclic) bond motifs is 1. The average Bonchev–Trinajstić information content (AvgIpc) is 3.33. The molecule has 1 amide bonds. The number of aromatic nitrogens is 3. The maximum absolute atomic E-state index is 13.8. The molecule has 0 saturated heterocycles. The molecule has 0 aliphatic heterocycles. The summed E-state index contributed by atoms with van der Waals surface area (Å²) in [4.78, 5) is 21.9. The lowest BCUT2D eigenvalue weighted by Gasteiger charge is -2.30. The first-order valence-corrected chi connectivity index (χ1v) is 11.6. The number of amides is 1. The van der Waals surface area contributed by atoms with Gasteiger partial charge in [-0.25, -0.2) is 4.39 Å². The number of benzene rings is 2. The van der Waals surface area contributed by atoms with Crippen molar-refractivity contribution < 1.29 is 13.9 Å². The molecule has 0 radical (unpaired) electrons. The van der Waals surface area contributed by atoms with E-state index in [1.54, 1.807) is 48.7 Å². The van der Waals surface area contributed by atoms with Gasteiger partial charge in [0.1, 0.15) is 11.6 Å². The van der Waals surface area contributed by atoms with E-state index < -0.39 is 0 Å². The minimum absolute atomic E-state index is 0.142. The van der Waals surface area contributed by atoms with Gasteiger partial charge >= 0.3 is 0 Å². The van der Waals surface area contributed by atoms with Gasteiger partial charge in [-0.15, -0.1) is 0 Å². The predicted molar refractivity (Wildman–Crippen MR) is 135 cm³/mol. The first kappa shape index (κ1) is 24.3. The Labute approximate surface area is 204 Å². The Hall–Kier alpha value is -3.78. The van der Waals surface area contributed by atoms with Crippen molar-refractivity contribution in [2.24, 2.45) is 0 Å². The third kappa shape index (κ3) is 5.33. The zero-order valence-electron chi connectivity index (χ0n) is 20.5. The highest BCUT2D eigenvalue weighted by Crippen LogP contribution is 2.34. The Morgan fingerprint density at radius 1 is 1.11 bits per heavy atom. The summed E-state index contributed by atoms with van der Waals surface area (Å²) in [6.45, 7) is 3.09. The van der Waals surface area contributed by atoms with Gasteiger partial charge in [-0.3, -0.25) is 14.9 Å². The molecule has 8 heteroatoms. The number of halogens is 1. The summed E-state index contributed by atoms with van der Waals surface area (Å²) in [6.07, 6.45) is 6.00. The summed E-state index contributed by atoms with van der Waals surface area (Å²) < 4.78 is 19.7. The van der Waals surface area contributed by atoms with Gasteiger partial charge in [0, 0.05) is 41.5 Å². The molecule has 0 fully saturated rings. The van der Waals surface area contributed by atoms with Crippen LogP contribution in [0.1, 0.15) is 35.3 Å². The highest BCUT2D eigenvalue weighted by Gasteiger charge is 2.26. The highest BCUT2D eigenvalue weighted by molar-refractivity contribution is 5.96. The second-order valence-electron chi connectivity index (χ2n) is 8.74. The maximum Gasteiger partial charge on any atom is 0.254 e. The first-order chi connectivity index (χ1) is 16.9. The Morgan fingerprint density at radius 3 is 2.69 bits per heavy atom.